The summed E-state index contributed by atoms with van der Waals surface area (Å²) < 4.78 is 5.23. The second-order valence-corrected chi connectivity index (χ2v) is 7.86. The van der Waals surface area contributed by atoms with Crippen LogP contribution in [0.2, 0.25) is 5.02 Å². The molecule has 0 spiro atoms. The summed E-state index contributed by atoms with van der Waals surface area (Å²) in [7, 11) is 0. The minimum Gasteiger partial charge on any atom is -0.506 e. The van der Waals surface area contributed by atoms with E-state index in [0.29, 0.717) is 10.9 Å². The highest BCUT2D eigenvalue weighted by atomic mass is 35.5. The average molecular weight is 497 g/mol. The zero-order valence-electron chi connectivity index (χ0n) is 18.3. The Bertz CT molecular complexity index is 1160. The molecule has 7 N–H and O–H groups in total. The third kappa shape index (κ3) is 7.37. The molecule has 34 heavy (non-hydrogen) atoms. The fourth-order valence-corrected chi connectivity index (χ4v) is 3.43. The maximum atomic E-state index is 12.5. The van der Waals surface area contributed by atoms with Crippen molar-refractivity contribution in [3.63, 3.8) is 0 Å². The van der Waals surface area contributed by atoms with Gasteiger partial charge in [0.25, 0.3) is 0 Å². The van der Waals surface area contributed by atoms with Gasteiger partial charge in [-0.3, -0.25) is 14.4 Å². The standard InChI is InChI=1S/C21H25ClN4O8/c1-10-11(20(32)34-16-8-15(27)13(22)7-12(10)16)4-5-17(28)26-14(3-2-6-24-21(23)33)19(31)25-9-18(29)30/h7-8,14,27H,2-6,9H2,1H3,(H,25,31)(H,26,28)(H,29,30)(H3,23,24,33). The highest BCUT2D eigenvalue weighted by Crippen LogP contribution is 2.30. The van der Waals surface area contributed by atoms with Gasteiger partial charge in [0.2, 0.25) is 11.8 Å². The minimum atomic E-state index is -1.25. The molecule has 0 aliphatic carbocycles. The third-order valence-electron chi connectivity index (χ3n) is 4.99. The molecule has 0 saturated carbocycles. The molecule has 1 aromatic carbocycles. The van der Waals surface area contributed by atoms with Gasteiger partial charge in [-0.2, -0.15) is 0 Å². The lowest BCUT2D eigenvalue weighted by Crippen LogP contribution is -2.48. The quantitative estimate of drug-likeness (QED) is 0.191. The number of fused-ring (bicyclic) bond motifs is 1. The number of carbonyl (C=O) groups is 4. The number of aryl methyl sites for hydroxylation is 1. The van der Waals surface area contributed by atoms with Gasteiger partial charge >= 0.3 is 17.6 Å². The number of rotatable bonds is 11. The largest absolute Gasteiger partial charge is 0.506 e. The first-order valence-electron chi connectivity index (χ1n) is 10.3. The first-order chi connectivity index (χ1) is 16.0. The monoisotopic (exact) mass is 496 g/mol. The summed E-state index contributed by atoms with van der Waals surface area (Å²) in [4.78, 5) is 58.7. The minimum absolute atomic E-state index is 0.00112. The number of nitrogens with one attached hydrogen (secondary N) is 3. The molecule has 184 valence electrons. The Kier molecular flexibility index (Phi) is 9.25. The van der Waals surface area contributed by atoms with Crippen LogP contribution in [0.3, 0.4) is 0 Å². The molecule has 1 aromatic heterocycles. The Morgan fingerprint density at radius 1 is 1.21 bits per heavy atom. The predicted molar refractivity (Wildman–Crippen MR) is 122 cm³/mol. The predicted octanol–water partition coefficient (Wildman–Crippen LogP) is 0.527. The number of carboxylic acid groups (broad SMARTS) is 1. The number of urea groups is 1. The summed E-state index contributed by atoms with van der Waals surface area (Å²) in [6.07, 6.45) is 0.234. The van der Waals surface area contributed by atoms with Gasteiger partial charge in [0.15, 0.2) is 0 Å². The number of hydrogen-bond donors (Lipinski definition) is 6. The van der Waals surface area contributed by atoms with Crippen molar-refractivity contribution in [3.8, 4) is 5.75 Å². The second kappa shape index (κ2) is 11.9. The van der Waals surface area contributed by atoms with Gasteiger partial charge in [0, 0.05) is 30.0 Å². The van der Waals surface area contributed by atoms with Crippen molar-refractivity contribution in [1.29, 1.82) is 0 Å². The van der Waals surface area contributed by atoms with Crippen molar-refractivity contribution >= 4 is 46.4 Å². The van der Waals surface area contributed by atoms with E-state index >= 15 is 0 Å². The summed E-state index contributed by atoms with van der Waals surface area (Å²) in [5.41, 5.74) is 5.23. The summed E-state index contributed by atoms with van der Waals surface area (Å²) in [5, 5.41) is 26.1. The van der Waals surface area contributed by atoms with E-state index in [9.17, 15) is 29.1 Å². The summed E-state index contributed by atoms with van der Waals surface area (Å²) >= 11 is 5.94. The van der Waals surface area contributed by atoms with Crippen LogP contribution in [0.1, 0.15) is 30.4 Å². The van der Waals surface area contributed by atoms with Gasteiger partial charge in [-0.1, -0.05) is 11.6 Å². The lowest BCUT2D eigenvalue weighted by molar-refractivity contribution is -0.138. The first-order valence-corrected chi connectivity index (χ1v) is 10.6. The van der Waals surface area contributed by atoms with Crippen LogP contribution in [0.5, 0.6) is 5.75 Å². The molecule has 0 radical (unpaired) electrons. The fourth-order valence-electron chi connectivity index (χ4n) is 3.26. The molecule has 0 bridgehead atoms. The zero-order chi connectivity index (χ0) is 25.4. The van der Waals surface area contributed by atoms with E-state index in [0.717, 1.165) is 0 Å². The topological polar surface area (TPSA) is 201 Å². The molecule has 2 aromatic rings. The number of amides is 4. The lowest BCUT2D eigenvalue weighted by Gasteiger charge is -2.18. The van der Waals surface area contributed by atoms with Crippen molar-refractivity contribution < 1.29 is 33.8 Å². The van der Waals surface area contributed by atoms with E-state index in [4.69, 9.17) is 26.9 Å². The van der Waals surface area contributed by atoms with Crippen molar-refractivity contribution in [1.82, 2.24) is 16.0 Å². The van der Waals surface area contributed by atoms with Gasteiger partial charge in [-0.25, -0.2) is 9.59 Å². The number of nitrogens with two attached hydrogens (primary N) is 1. The smallest absolute Gasteiger partial charge is 0.339 e. The molecular formula is C21H25ClN4O8. The number of benzene rings is 1. The Labute approximate surface area is 198 Å². The van der Waals surface area contributed by atoms with Crippen molar-refractivity contribution in [2.75, 3.05) is 13.1 Å². The third-order valence-corrected chi connectivity index (χ3v) is 5.29. The zero-order valence-corrected chi connectivity index (χ0v) is 19.0. The Balaban J connectivity index is 2.09. The Hall–Kier alpha value is -3.80. The van der Waals surface area contributed by atoms with Gasteiger partial charge in [0.1, 0.15) is 23.9 Å². The number of primary amides is 1. The first kappa shape index (κ1) is 26.5. The van der Waals surface area contributed by atoms with Gasteiger partial charge in [-0.05, 0) is 37.8 Å². The van der Waals surface area contributed by atoms with E-state index in [1.807, 2.05) is 0 Å². The number of carbonyl (C=O) groups excluding carboxylic acids is 3. The van der Waals surface area contributed by atoms with Crippen molar-refractivity contribution in [2.45, 2.75) is 38.6 Å². The average Bonchev–Trinajstić information content (AvgIpc) is 2.75. The van der Waals surface area contributed by atoms with Crippen LogP contribution in [-0.4, -0.2) is 53.2 Å². The highest BCUT2D eigenvalue weighted by molar-refractivity contribution is 6.32. The van der Waals surface area contributed by atoms with Crippen molar-refractivity contribution in [3.05, 3.63) is 38.7 Å². The maximum absolute atomic E-state index is 12.5. The number of carboxylic acids is 1. The summed E-state index contributed by atoms with van der Waals surface area (Å²) in [6, 6.07) is 0.891. The summed E-state index contributed by atoms with van der Waals surface area (Å²) in [5.74, 6) is -2.74. The van der Waals surface area contributed by atoms with Crippen LogP contribution in [-0.2, 0) is 20.8 Å². The molecule has 0 fully saturated rings. The molecule has 1 atom stereocenters. The molecule has 0 aliphatic rings. The maximum Gasteiger partial charge on any atom is 0.339 e. The van der Waals surface area contributed by atoms with E-state index < -0.39 is 42.0 Å². The molecule has 4 amide bonds. The SMILES string of the molecule is Cc1c(CCC(=O)NC(CCCNC(N)=O)C(=O)NCC(=O)O)c(=O)oc2cc(O)c(Cl)cc12. The fraction of sp³-hybridized carbons (Fsp3) is 0.381. The normalized spacial score (nSPS) is 11.6. The van der Waals surface area contributed by atoms with Crippen molar-refractivity contribution in [2.24, 2.45) is 5.73 Å². The molecule has 0 aliphatic heterocycles. The number of halogens is 1. The lowest BCUT2D eigenvalue weighted by atomic mass is 10.0. The van der Waals surface area contributed by atoms with Crippen LogP contribution in [0, 0.1) is 6.92 Å². The van der Waals surface area contributed by atoms with E-state index in [1.54, 1.807) is 6.92 Å². The van der Waals surface area contributed by atoms with E-state index in [-0.39, 0.29) is 54.1 Å². The van der Waals surface area contributed by atoms with E-state index in [1.165, 1.54) is 12.1 Å². The molecule has 12 nitrogen and oxygen atoms in total. The van der Waals surface area contributed by atoms with Crippen LogP contribution >= 0.6 is 11.6 Å². The molecule has 1 unspecified atom stereocenters. The van der Waals surface area contributed by atoms with Gasteiger partial charge < -0.3 is 36.3 Å². The van der Waals surface area contributed by atoms with Crippen LogP contribution < -0.4 is 27.3 Å². The second-order valence-electron chi connectivity index (χ2n) is 7.46. The number of aliphatic carboxylic acids is 1. The van der Waals surface area contributed by atoms with Crippen LogP contribution in [0.4, 0.5) is 4.79 Å². The molecular weight excluding hydrogens is 472 g/mol. The van der Waals surface area contributed by atoms with Crippen LogP contribution in [0.25, 0.3) is 11.0 Å². The van der Waals surface area contributed by atoms with Gasteiger partial charge in [0.05, 0.1) is 5.02 Å². The van der Waals surface area contributed by atoms with Crippen LogP contribution in [0.15, 0.2) is 21.3 Å². The number of hydrogen-bond acceptors (Lipinski definition) is 7. The Morgan fingerprint density at radius 3 is 2.56 bits per heavy atom. The van der Waals surface area contributed by atoms with Gasteiger partial charge in [-0.15, -0.1) is 0 Å². The number of phenols is 1. The van der Waals surface area contributed by atoms with E-state index in [2.05, 4.69) is 16.0 Å². The summed E-state index contributed by atoms with van der Waals surface area (Å²) in [6.45, 7) is 1.19. The molecule has 0 saturated heterocycles. The molecule has 2 rings (SSSR count). The Morgan fingerprint density at radius 2 is 1.91 bits per heavy atom. The number of aromatic hydroxyl groups is 1. The molecule has 1 heterocycles. The highest BCUT2D eigenvalue weighted by Gasteiger charge is 2.22. The number of phenolic OH excluding ortho intramolecular Hbond substituents is 1. The molecule has 13 heteroatoms.